The molecule has 2 aromatic rings. The van der Waals surface area contributed by atoms with Crippen molar-refractivity contribution in [3.8, 4) is 0 Å². The topological polar surface area (TPSA) is 58.9 Å². The van der Waals surface area contributed by atoms with Crippen molar-refractivity contribution in [2.75, 3.05) is 12.4 Å². The van der Waals surface area contributed by atoms with E-state index in [-0.39, 0.29) is 11.9 Å². The Hall–Kier alpha value is -2.14. The highest BCUT2D eigenvalue weighted by Gasteiger charge is 2.14. The Morgan fingerprint density at radius 1 is 1.42 bits per heavy atom. The highest BCUT2D eigenvalue weighted by atomic mass is 16.2. The van der Waals surface area contributed by atoms with Crippen LogP contribution in [-0.2, 0) is 11.3 Å². The normalized spacial score (nSPS) is 12.1. The summed E-state index contributed by atoms with van der Waals surface area (Å²) in [7, 11) is 1.89. The molecule has 1 aromatic carbocycles. The van der Waals surface area contributed by atoms with Crippen molar-refractivity contribution in [3.63, 3.8) is 0 Å². The fourth-order valence-electron chi connectivity index (χ4n) is 1.84. The molecule has 2 rings (SSSR count). The van der Waals surface area contributed by atoms with E-state index in [1.807, 2.05) is 38.2 Å². The van der Waals surface area contributed by atoms with Crippen LogP contribution >= 0.6 is 0 Å². The van der Waals surface area contributed by atoms with Crippen LogP contribution in [0.1, 0.15) is 18.5 Å². The highest BCUT2D eigenvalue weighted by molar-refractivity contribution is 5.93. The Labute approximate surface area is 112 Å². The first-order chi connectivity index (χ1) is 9.20. The Morgan fingerprint density at radius 3 is 2.95 bits per heavy atom. The Kier molecular flexibility index (Phi) is 4.30. The fraction of sp³-hybridized carbons (Fsp3) is 0.286. The quantitative estimate of drug-likeness (QED) is 0.859. The molecule has 0 saturated carbocycles. The van der Waals surface area contributed by atoms with Gasteiger partial charge in [-0.15, -0.1) is 0 Å². The Balaban J connectivity index is 2.04. The molecule has 0 bridgehead atoms. The Bertz CT molecular complexity index is 536. The van der Waals surface area contributed by atoms with Crippen LogP contribution in [0.25, 0.3) is 0 Å². The number of hydrogen-bond donors (Lipinski definition) is 2. The molecule has 0 saturated heterocycles. The van der Waals surface area contributed by atoms with Gasteiger partial charge in [0.25, 0.3) is 0 Å². The summed E-state index contributed by atoms with van der Waals surface area (Å²) in [6, 6.07) is 9.26. The summed E-state index contributed by atoms with van der Waals surface area (Å²) in [6.45, 7) is 2.60. The lowest BCUT2D eigenvalue weighted by Gasteiger charge is -2.13. The third-order valence-electron chi connectivity index (χ3n) is 2.88. The number of carbonyl (C=O) groups is 1. The van der Waals surface area contributed by atoms with Crippen molar-refractivity contribution < 1.29 is 4.79 Å². The van der Waals surface area contributed by atoms with Crippen molar-refractivity contribution in [3.05, 3.63) is 48.3 Å². The SMILES string of the molecule is CNCc1cccc(NC(=O)C(C)n2cccn2)c1. The summed E-state index contributed by atoms with van der Waals surface area (Å²) in [5.74, 6) is -0.0784. The van der Waals surface area contributed by atoms with Gasteiger partial charge >= 0.3 is 0 Å². The standard InChI is InChI=1S/C14H18N4O/c1-11(18-8-4-7-16-18)14(19)17-13-6-3-5-12(9-13)10-15-2/h3-9,11,15H,10H2,1-2H3,(H,17,19). The molecular formula is C14H18N4O. The third-order valence-corrected chi connectivity index (χ3v) is 2.88. The number of nitrogens with zero attached hydrogens (tertiary/aromatic N) is 2. The molecule has 5 nitrogen and oxygen atoms in total. The second kappa shape index (κ2) is 6.15. The lowest BCUT2D eigenvalue weighted by atomic mass is 10.2. The third kappa shape index (κ3) is 3.42. The molecule has 0 aliphatic heterocycles. The zero-order valence-corrected chi connectivity index (χ0v) is 11.1. The molecule has 0 spiro atoms. The maximum absolute atomic E-state index is 12.1. The zero-order chi connectivity index (χ0) is 13.7. The van der Waals surface area contributed by atoms with Gasteiger partial charge in [0.05, 0.1) is 0 Å². The maximum atomic E-state index is 12.1. The van der Waals surface area contributed by atoms with E-state index in [1.54, 1.807) is 23.1 Å². The molecule has 1 heterocycles. The van der Waals surface area contributed by atoms with Crippen LogP contribution in [0.5, 0.6) is 0 Å². The van der Waals surface area contributed by atoms with Crippen molar-refractivity contribution in [1.29, 1.82) is 0 Å². The van der Waals surface area contributed by atoms with E-state index in [1.165, 1.54) is 0 Å². The van der Waals surface area contributed by atoms with Crippen LogP contribution in [0.2, 0.25) is 0 Å². The molecule has 0 aliphatic rings. The number of nitrogens with one attached hydrogen (secondary N) is 2. The smallest absolute Gasteiger partial charge is 0.248 e. The molecule has 0 radical (unpaired) electrons. The van der Waals surface area contributed by atoms with Gasteiger partial charge in [-0.25, -0.2) is 0 Å². The second-order valence-electron chi connectivity index (χ2n) is 4.38. The van der Waals surface area contributed by atoms with Crippen molar-refractivity contribution in [1.82, 2.24) is 15.1 Å². The zero-order valence-electron chi connectivity index (χ0n) is 11.1. The van der Waals surface area contributed by atoms with Gasteiger partial charge in [0, 0.05) is 24.6 Å². The summed E-state index contributed by atoms with van der Waals surface area (Å²) in [4.78, 5) is 12.1. The number of benzene rings is 1. The maximum Gasteiger partial charge on any atom is 0.248 e. The second-order valence-corrected chi connectivity index (χ2v) is 4.38. The first kappa shape index (κ1) is 13.3. The summed E-state index contributed by atoms with van der Waals surface area (Å²) in [6.07, 6.45) is 3.44. The molecule has 1 amide bonds. The summed E-state index contributed by atoms with van der Waals surface area (Å²) < 4.78 is 1.63. The van der Waals surface area contributed by atoms with Crippen molar-refractivity contribution >= 4 is 11.6 Å². The number of carbonyl (C=O) groups excluding carboxylic acids is 1. The molecular weight excluding hydrogens is 240 g/mol. The van der Waals surface area contributed by atoms with Gasteiger partial charge in [0.1, 0.15) is 6.04 Å². The van der Waals surface area contributed by atoms with Crippen LogP contribution in [-0.4, -0.2) is 22.7 Å². The average molecular weight is 258 g/mol. The molecule has 0 aliphatic carbocycles. The summed E-state index contributed by atoms with van der Waals surface area (Å²) in [5, 5.41) is 10.1. The van der Waals surface area contributed by atoms with Gasteiger partial charge < -0.3 is 10.6 Å². The predicted molar refractivity (Wildman–Crippen MR) is 74.8 cm³/mol. The van der Waals surface area contributed by atoms with Gasteiger partial charge in [-0.3, -0.25) is 9.48 Å². The molecule has 1 unspecified atom stereocenters. The first-order valence-electron chi connectivity index (χ1n) is 6.24. The lowest BCUT2D eigenvalue weighted by molar-refractivity contribution is -0.119. The van der Waals surface area contributed by atoms with E-state index < -0.39 is 0 Å². The molecule has 0 fully saturated rings. The van der Waals surface area contributed by atoms with Crippen LogP contribution in [0.3, 0.4) is 0 Å². The molecule has 5 heteroatoms. The van der Waals surface area contributed by atoms with E-state index >= 15 is 0 Å². The van der Waals surface area contributed by atoms with E-state index in [2.05, 4.69) is 15.7 Å². The van der Waals surface area contributed by atoms with E-state index in [0.717, 1.165) is 17.8 Å². The summed E-state index contributed by atoms with van der Waals surface area (Å²) in [5.41, 5.74) is 1.93. The van der Waals surface area contributed by atoms with Crippen LogP contribution in [0, 0.1) is 0 Å². The van der Waals surface area contributed by atoms with Gasteiger partial charge in [-0.2, -0.15) is 5.10 Å². The number of anilines is 1. The minimum atomic E-state index is -0.331. The first-order valence-corrected chi connectivity index (χ1v) is 6.24. The number of amides is 1. The van der Waals surface area contributed by atoms with Gasteiger partial charge in [-0.1, -0.05) is 12.1 Å². The van der Waals surface area contributed by atoms with E-state index in [4.69, 9.17) is 0 Å². The van der Waals surface area contributed by atoms with E-state index in [9.17, 15) is 4.79 Å². The molecule has 2 N–H and O–H groups in total. The largest absolute Gasteiger partial charge is 0.324 e. The van der Waals surface area contributed by atoms with Gasteiger partial charge in [0.2, 0.25) is 5.91 Å². The molecule has 100 valence electrons. The lowest BCUT2D eigenvalue weighted by Crippen LogP contribution is -2.24. The van der Waals surface area contributed by atoms with Gasteiger partial charge in [0.15, 0.2) is 0 Å². The van der Waals surface area contributed by atoms with Crippen molar-refractivity contribution in [2.24, 2.45) is 0 Å². The van der Waals surface area contributed by atoms with Gasteiger partial charge in [-0.05, 0) is 37.7 Å². The van der Waals surface area contributed by atoms with Crippen LogP contribution in [0.4, 0.5) is 5.69 Å². The fourth-order valence-corrected chi connectivity index (χ4v) is 1.84. The van der Waals surface area contributed by atoms with Crippen LogP contribution in [0.15, 0.2) is 42.7 Å². The Morgan fingerprint density at radius 2 is 2.26 bits per heavy atom. The monoisotopic (exact) mass is 258 g/mol. The number of aromatic nitrogens is 2. The molecule has 19 heavy (non-hydrogen) atoms. The highest BCUT2D eigenvalue weighted by Crippen LogP contribution is 2.13. The minimum absolute atomic E-state index is 0.0784. The average Bonchev–Trinajstić information content (AvgIpc) is 2.92. The van der Waals surface area contributed by atoms with E-state index in [0.29, 0.717) is 0 Å². The predicted octanol–water partition coefficient (Wildman–Crippen LogP) is 1.80. The molecule has 1 atom stereocenters. The van der Waals surface area contributed by atoms with Crippen LogP contribution < -0.4 is 10.6 Å². The number of rotatable bonds is 5. The van der Waals surface area contributed by atoms with Crippen molar-refractivity contribution in [2.45, 2.75) is 19.5 Å². The minimum Gasteiger partial charge on any atom is -0.324 e. The molecule has 1 aromatic heterocycles. The number of hydrogen-bond acceptors (Lipinski definition) is 3. The summed E-state index contributed by atoms with van der Waals surface area (Å²) >= 11 is 0.